The number of carbonyl (C=O) groups is 2. The molecule has 0 radical (unpaired) electrons. The monoisotopic (exact) mass is 378 g/mol. The lowest BCUT2D eigenvalue weighted by atomic mass is 10.1. The van der Waals surface area contributed by atoms with E-state index in [0.29, 0.717) is 31.5 Å². The summed E-state index contributed by atoms with van der Waals surface area (Å²) < 4.78 is 7.15. The molecule has 7 heteroatoms. The fourth-order valence-corrected chi connectivity index (χ4v) is 3.39. The number of benzene rings is 1. The fourth-order valence-electron chi connectivity index (χ4n) is 3.39. The van der Waals surface area contributed by atoms with E-state index >= 15 is 0 Å². The van der Waals surface area contributed by atoms with Crippen molar-refractivity contribution in [1.82, 2.24) is 15.1 Å². The van der Waals surface area contributed by atoms with Crippen LogP contribution in [0.2, 0.25) is 0 Å². The van der Waals surface area contributed by atoms with Gasteiger partial charge in [-0.2, -0.15) is 5.10 Å². The molecule has 0 unspecified atom stereocenters. The second kappa shape index (κ2) is 7.72. The molecule has 1 aromatic carbocycles. The zero-order valence-electron chi connectivity index (χ0n) is 15.7. The van der Waals surface area contributed by atoms with E-state index in [1.807, 2.05) is 41.9 Å². The smallest absolute Gasteiger partial charge is 0.251 e. The maximum absolute atomic E-state index is 12.4. The minimum absolute atomic E-state index is 0.0374. The molecule has 0 saturated heterocycles. The molecule has 0 bridgehead atoms. The Balaban J connectivity index is 1.39. The van der Waals surface area contributed by atoms with Crippen LogP contribution in [0.25, 0.3) is 0 Å². The van der Waals surface area contributed by atoms with Gasteiger partial charge in [0.05, 0.1) is 25.5 Å². The lowest BCUT2D eigenvalue weighted by Gasteiger charge is -2.27. The normalized spacial score (nSPS) is 14.6. The average molecular weight is 378 g/mol. The third-order valence-electron chi connectivity index (χ3n) is 4.83. The third kappa shape index (κ3) is 3.83. The number of carbonyl (C=O) groups excluding carboxylic acids is 2. The Hall–Kier alpha value is -3.35. The van der Waals surface area contributed by atoms with E-state index in [9.17, 15) is 9.59 Å². The van der Waals surface area contributed by atoms with Crippen LogP contribution >= 0.6 is 0 Å². The van der Waals surface area contributed by atoms with Crippen LogP contribution in [0.5, 0.6) is 0 Å². The maximum Gasteiger partial charge on any atom is 0.251 e. The van der Waals surface area contributed by atoms with Crippen LogP contribution in [-0.2, 0) is 24.3 Å². The molecule has 0 fully saturated rings. The second-order valence-corrected chi connectivity index (χ2v) is 7.00. The number of amides is 2. The van der Waals surface area contributed by atoms with Crippen LogP contribution in [0.3, 0.4) is 0 Å². The topological polar surface area (TPSA) is 80.4 Å². The van der Waals surface area contributed by atoms with Gasteiger partial charge in [-0.3, -0.25) is 14.5 Å². The Labute approximate surface area is 162 Å². The molecule has 0 spiro atoms. The highest BCUT2D eigenvalue weighted by atomic mass is 16.3. The van der Waals surface area contributed by atoms with Gasteiger partial charge in [0.2, 0.25) is 5.91 Å². The number of hydrogen-bond donors (Lipinski definition) is 1. The first kappa shape index (κ1) is 18.0. The van der Waals surface area contributed by atoms with Crippen LogP contribution < -0.4 is 10.2 Å². The highest BCUT2D eigenvalue weighted by molar-refractivity contribution is 5.95. The van der Waals surface area contributed by atoms with Crippen LogP contribution in [0.4, 0.5) is 5.82 Å². The number of anilines is 1. The van der Waals surface area contributed by atoms with Crippen molar-refractivity contribution in [2.75, 3.05) is 4.90 Å². The summed E-state index contributed by atoms with van der Waals surface area (Å²) in [5.74, 6) is 1.61. The van der Waals surface area contributed by atoms with Gasteiger partial charge in [0.1, 0.15) is 11.6 Å². The largest absolute Gasteiger partial charge is 0.469 e. The molecule has 0 saturated carbocycles. The number of fused-ring (bicyclic) bond motifs is 1. The zero-order valence-corrected chi connectivity index (χ0v) is 15.7. The molecule has 3 heterocycles. The van der Waals surface area contributed by atoms with E-state index in [2.05, 4.69) is 10.4 Å². The van der Waals surface area contributed by atoms with E-state index in [1.165, 1.54) is 0 Å². The van der Waals surface area contributed by atoms with E-state index in [1.54, 1.807) is 29.5 Å². The van der Waals surface area contributed by atoms with Crippen LogP contribution in [-0.4, -0.2) is 27.6 Å². The highest BCUT2D eigenvalue weighted by Gasteiger charge is 2.24. The molecular formula is C21H22N4O3. The molecule has 28 heavy (non-hydrogen) atoms. The Morgan fingerprint density at radius 1 is 1.25 bits per heavy atom. The molecule has 2 amide bonds. The number of aryl methyl sites for hydroxylation is 1. The summed E-state index contributed by atoms with van der Waals surface area (Å²) >= 11 is 0. The molecule has 3 aromatic rings. The van der Waals surface area contributed by atoms with Crippen molar-refractivity contribution in [3.63, 3.8) is 0 Å². The Morgan fingerprint density at radius 3 is 2.82 bits per heavy atom. The van der Waals surface area contributed by atoms with E-state index in [4.69, 9.17) is 4.42 Å². The summed E-state index contributed by atoms with van der Waals surface area (Å²) in [6.07, 6.45) is 4.42. The lowest BCUT2D eigenvalue weighted by molar-refractivity contribution is -0.119. The Bertz CT molecular complexity index is 960. The Morgan fingerprint density at radius 2 is 2.07 bits per heavy atom. The number of rotatable bonds is 6. The summed E-state index contributed by atoms with van der Waals surface area (Å²) in [6.45, 7) is 3.02. The van der Waals surface area contributed by atoms with Crippen LogP contribution in [0, 0.1) is 0 Å². The number of hydrogen-bond acceptors (Lipinski definition) is 4. The summed E-state index contributed by atoms with van der Waals surface area (Å²) in [5.41, 5.74) is 1.55. The van der Waals surface area contributed by atoms with E-state index in [0.717, 1.165) is 17.1 Å². The fraction of sp³-hybridized carbons (Fsp3) is 0.286. The third-order valence-corrected chi connectivity index (χ3v) is 4.83. The average Bonchev–Trinajstić information content (AvgIpc) is 3.36. The lowest BCUT2D eigenvalue weighted by Crippen LogP contribution is -2.37. The number of aromatic nitrogens is 2. The maximum atomic E-state index is 12.4. The van der Waals surface area contributed by atoms with Crippen molar-refractivity contribution in [2.24, 2.45) is 0 Å². The van der Waals surface area contributed by atoms with Crippen molar-refractivity contribution in [2.45, 2.75) is 38.9 Å². The SMILES string of the molecule is C[C@@H](Cc1ccco1)NC(=O)c1ccc(CN2C(=O)CCn3nccc32)cc1. The van der Waals surface area contributed by atoms with Crippen LogP contribution in [0.15, 0.2) is 59.3 Å². The highest BCUT2D eigenvalue weighted by Crippen LogP contribution is 2.23. The van der Waals surface area contributed by atoms with Gasteiger partial charge in [-0.25, -0.2) is 4.68 Å². The molecule has 144 valence electrons. The predicted molar refractivity (Wildman–Crippen MR) is 104 cm³/mol. The first-order chi connectivity index (χ1) is 13.6. The molecule has 1 N–H and O–H groups in total. The summed E-state index contributed by atoms with van der Waals surface area (Å²) in [7, 11) is 0. The van der Waals surface area contributed by atoms with Gasteiger partial charge < -0.3 is 9.73 Å². The van der Waals surface area contributed by atoms with Crippen molar-refractivity contribution >= 4 is 17.6 Å². The molecule has 1 aliphatic rings. The standard InChI is InChI=1S/C21H22N4O3/c1-15(13-18-3-2-12-28-18)23-21(27)17-6-4-16(5-7-17)14-24-19-8-10-22-25(19)11-9-20(24)26/h2-8,10,12,15H,9,11,13-14H2,1H3,(H,23,27)/t15-/m0/s1. The zero-order chi connectivity index (χ0) is 19.5. The first-order valence-electron chi connectivity index (χ1n) is 9.34. The van der Waals surface area contributed by atoms with Gasteiger partial charge in [0.15, 0.2) is 0 Å². The van der Waals surface area contributed by atoms with Gasteiger partial charge in [0, 0.05) is 30.5 Å². The predicted octanol–water partition coefficient (Wildman–Crippen LogP) is 2.77. The van der Waals surface area contributed by atoms with Gasteiger partial charge in [-0.15, -0.1) is 0 Å². The minimum Gasteiger partial charge on any atom is -0.469 e. The number of furan rings is 1. The van der Waals surface area contributed by atoms with Gasteiger partial charge in [-0.1, -0.05) is 12.1 Å². The molecule has 0 aliphatic carbocycles. The quantitative estimate of drug-likeness (QED) is 0.715. The van der Waals surface area contributed by atoms with E-state index in [-0.39, 0.29) is 17.9 Å². The Kier molecular flexibility index (Phi) is 4.97. The molecular weight excluding hydrogens is 356 g/mol. The molecule has 2 aromatic heterocycles. The summed E-state index contributed by atoms with van der Waals surface area (Å²) in [4.78, 5) is 26.5. The summed E-state index contributed by atoms with van der Waals surface area (Å²) in [6, 6.07) is 12.9. The van der Waals surface area contributed by atoms with E-state index < -0.39 is 0 Å². The molecule has 1 aliphatic heterocycles. The first-order valence-corrected chi connectivity index (χ1v) is 9.34. The minimum atomic E-state index is -0.127. The van der Waals surface area contributed by atoms with Crippen molar-refractivity contribution < 1.29 is 14.0 Å². The molecule has 4 rings (SSSR count). The van der Waals surface area contributed by atoms with Gasteiger partial charge >= 0.3 is 0 Å². The van der Waals surface area contributed by atoms with Crippen LogP contribution in [0.1, 0.15) is 35.0 Å². The van der Waals surface area contributed by atoms with Crippen molar-refractivity contribution in [1.29, 1.82) is 0 Å². The molecule has 1 atom stereocenters. The van der Waals surface area contributed by atoms with Crippen molar-refractivity contribution in [3.05, 3.63) is 71.8 Å². The van der Waals surface area contributed by atoms with Gasteiger partial charge in [0.25, 0.3) is 5.91 Å². The number of nitrogens with one attached hydrogen (secondary N) is 1. The second-order valence-electron chi connectivity index (χ2n) is 7.00. The molecule has 7 nitrogen and oxygen atoms in total. The summed E-state index contributed by atoms with van der Waals surface area (Å²) in [5, 5.41) is 7.21. The number of nitrogens with zero attached hydrogens (tertiary/aromatic N) is 3. The van der Waals surface area contributed by atoms with Crippen molar-refractivity contribution in [3.8, 4) is 0 Å². The van der Waals surface area contributed by atoms with Gasteiger partial charge in [-0.05, 0) is 36.8 Å².